The van der Waals surface area contributed by atoms with Gasteiger partial charge < -0.3 is 4.74 Å². The van der Waals surface area contributed by atoms with E-state index in [4.69, 9.17) is 11.6 Å². The van der Waals surface area contributed by atoms with Crippen LogP contribution in [-0.4, -0.2) is 32.5 Å². The van der Waals surface area contributed by atoms with Gasteiger partial charge in [0.05, 0.1) is 16.4 Å². The summed E-state index contributed by atoms with van der Waals surface area (Å²) in [5, 5.41) is 10.6. The van der Waals surface area contributed by atoms with Gasteiger partial charge in [-0.2, -0.15) is 4.72 Å². The van der Waals surface area contributed by atoms with Crippen LogP contribution in [0.3, 0.4) is 0 Å². The zero-order chi connectivity index (χ0) is 16.2. The third kappa shape index (κ3) is 4.38. The highest BCUT2D eigenvalue weighted by Crippen LogP contribution is 2.29. The first-order valence-corrected chi connectivity index (χ1v) is 7.65. The summed E-state index contributed by atoms with van der Waals surface area (Å²) >= 11 is 5.68. The van der Waals surface area contributed by atoms with Crippen LogP contribution in [0.5, 0.6) is 0 Å². The Morgan fingerprint density at radius 1 is 1.48 bits per heavy atom. The molecule has 1 aromatic rings. The van der Waals surface area contributed by atoms with Crippen molar-refractivity contribution in [3.63, 3.8) is 0 Å². The van der Waals surface area contributed by atoms with Gasteiger partial charge in [0, 0.05) is 6.07 Å². The molecule has 0 unspecified atom stereocenters. The minimum Gasteiger partial charge on any atom is -0.465 e. The lowest BCUT2D eigenvalue weighted by atomic mass is 10.2. The molecule has 0 aliphatic carbocycles. The lowest BCUT2D eigenvalue weighted by Crippen LogP contribution is -2.31. The third-order valence-corrected chi connectivity index (χ3v) is 4.29. The predicted octanol–water partition coefficient (Wildman–Crippen LogP) is 1.40. The molecule has 8 nitrogen and oxygen atoms in total. The largest absolute Gasteiger partial charge is 0.465 e. The number of benzene rings is 1. The number of ether oxygens (including phenoxy) is 1. The van der Waals surface area contributed by atoms with Crippen LogP contribution in [-0.2, 0) is 19.6 Å². The fourth-order valence-electron chi connectivity index (χ4n) is 1.52. The van der Waals surface area contributed by atoms with Crippen molar-refractivity contribution in [2.45, 2.75) is 18.7 Å². The lowest BCUT2D eigenvalue weighted by Gasteiger charge is -2.09. The fraction of sp³-hybridized carbons (Fsp3) is 0.364. The summed E-state index contributed by atoms with van der Waals surface area (Å²) in [5.41, 5.74) is -0.305. The molecule has 116 valence electrons. The van der Waals surface area contributed by atoms with Crippen molar-refractivity contribution >= 4 is 33.3 Å². The van der Waals surface area contributed by atoms with E-state index in [9.17, 15) is 23.3 Å². The van der Waals surface area contributed by atoms with Gasteiger partial charge in [-0.05, 0) is 25.5 Å². The summed E-state index contributed by atoms with van der Waals surface area (Å²) in [5.74, 6) is -0.748. The van der Waals surface area contributed by atoms with Crippen molar-refractivity contribution < 1.29 is 22.9 Å². The highest BCUT2D eigenvalue weighted by atomic mass is 35.5. The molecule has 1 rings (SSSR count). The van der Waals surface area contributed by atoms with Crippen LogP contribution < -0.4 is 4.72 Å². The van der Waals surface area contributed by atoms with Crippen molar-refractivity contribution in [2.75, 3.05) is 13.2 Å². The Morgan fingerprint density at radius 2 is 2.10 bits per heavy atom. The van der Waals surface area contributed by atoms with Crippen molar-refractivity contribution in [3.05, 3.63) is 32.8 Å². The molecule has 1 N–H and O–H groups in total. The number of rotatable bonds is 6. The van der Waals surface area contributed by atoms with Crippen molar-refractivity contribution in [1.82, 2.24) is 4.72 Å². The first-order chi connectivity index (χ1) is 9.69. The molecule has 10 heteroatoms. The number of sulfonamides is 1. The van der Waals surface area contributed by atoms with Gasteiger partial charge in [0.15, 0.2) is 0 Å². The quantitative estimate of drug-likeness (QED) is 0.477. The predicted molar refractivity (Wildman–Crippen MR) is 74.7 cm³/mol. The molecule has 1 aromatic carbocycles. The molecule has 0 aliphatic rings. The molecule has 0 heterocycles. The normalized spacial score (nSPS) is 11.2. The molecule has 0 fully saturated rings. The first-order valence-electron chi connectivity index (χ1n) is 5.79. The summed E-state index contributed by atoms with van der Waals surface area (Å²) < 4.78 is 30.7. The number of nitrogens with one attached hydrogen (secondary N) is 1. The number of hydrogen-bond donors (Lipinski definition) is 1. The van der Waals surface area contributed by atoms with E-state index < -0.39 is 33.1 Å². The molecular formula is C11H13ClN2O6S. The second-order valence-electron chi connectivity index (χ2n) is 3.96. The SMILES string of the molecule is CCOC(=O)CNS(=O)(=O)c1cc([N+](=O)[O-])c(Cl)cc1C. The van der Waals surface area contributed by atoms with Gasteiger partial charge in [0.1, 0.15) is 11.6 Å². The summed E-state index contributed by atoms with van der Waals surface area (Å²) in [6.07, 6.45) is 0. The average Bonchev–Trinajstić information content (AvgIpc) is 2.36. The summed E-state index contributed by atoms with van der Waals surface area (Å²) in [7, 11) is -4.09. The van der Waals surface area contributed by atoms with Gasteiger partial charge in [0.25, 0.3) is 5.69 Å². The number of carbonyl (C=O) groups is 1. The van der Waals surface area contributed by atoms with Crippen molar-refractivity contribution in [3.8, 4) is 0 Å². The Bertz CT molecular complexity index is 674. The Morgan fingerprint density at radius 3 is 2.62 bits per heavy atom. The smallest absolute Gasteiger partial charge is 0.321 e. The number of aryl methyl sites for hydroxylation is 1. The third-order valence-electron chi connectivity index (χ3n) is 2.44. The molecule has 0 aromatic heterocycles. The first kappa shape index (κ1) is 17.3. The van der Waals surface area contributed by atoms with E-state index in [1.165, 1.54) is 13.0 Å². The van der Waals surface area contributed by atoms with E-state index in [0.717, 1.165) is 6.07 Å². The van der Waals surface area contributed by atoms with E-state index in [0.29, 0.717) is 0 Å². The van der Waals surface area contributed by atoms with Gasteiger partial charge in [-0.3, -0.25) is 14.9 Å². The maximum Gasteiger partial charge on any atom is 0.321 e. The number of halogens is 1. The lowest BCUT2D eigenvalue weighted by molar-refractivity contribution is -0.384. The Hall–Kier alpha value is -1.71. The molecule has 0 radical (unpaired) electrons. The monoisotopic (exact) mass is 336 g/mol. The highest BCUT2D eigenvalue weighted by Gasteiger charge is 2.24. The fourth-order valence-corrected chi connectivity index (χ4v) is 3.02. The van der Waals surface area contributed by atoms with Crippen LogP contribution in [0.25, 0.3) is 0 Å². The molecule has 0 bridgehead atoms. The van der Waals surface area contributed by atoms with E-state index >= 15 is 0 Å². The maximum absolute atomic E-state index is 12.1. The molecule has 21 heavy (non-hydrogen) atoms. The number of nitro benzene ring substituents is 1. The van der Waals surface area contributed by atoms with Gasteiger partial charge in [-0.15, -0.1) is 0 Å². The van der Waals surface area contributed by atoms with E-state index in [-0.39, 0.29) is 22.1 Å². The van der Waals surface area contributed by atoms with Gasteiger partial charge in [-0.1, -0.05) is 11.6 Å². The van der Waals surface area contributed by atoms with E-state index in [1.54, 1.807) is 6.92 Å². The number of nitro groups is 1. The van der Waals surface area contributed by atoms with Crippen LogP contribution >= 0.6 is 11.6 Å². The van der Waals surface area contributed by atoms with Crippen LogP contribution in [0.2, 0.25) is 5.02 Å². The van der Waals surface area contributed by atoms with Gasteiger partial charge >= 0.3 is 5.97 Å². The van der Waals surface area contributed by atoms with E-state index in [2.05, 4.69) is 4.74 Å². The minimum absolute atomic E-state index is 0.117. The van der Waals surface area contributed by atoms with Crippen molar-refractivity contribution in [2.24, 2.45) is 0 Å². The Balaban J connectivity index is 3.11. The molecule has 0 aliphatic heterocycles. The highest BCUT2D eigenvalue weighted by molar-refractivity contribution is 7.89. The molecule has 0 amide bonds. The van der Waals surface area contributed by atoms with E-state index in [1.807, 2.05) is 4.72 Å². The molecule has 0 atom stereocenters. The summed E-state index contributed by atoms with van der Waals surface area (Å²) in [6.45, 7) is 2.58. The minimum atomic E-state index is -4.09. The zero-order valence-corrected chi connectivity index (χ0v) is 12.8. The van der Waals surface area contributed by atoms with Crippen LogP contribution in [0, 0.1) is 17.0 Å². The average molecular weight is 337 g/mol. The number of hydrogen-bond acceptors (Lipinski definition) is 6. The van der Waals surface area contributed by atoms with Crippen LogP contribution in [0.1, 0.15) is 12.5 Å². The number of nitrogens with zero attached hydrogens (tertiary/aromatic N) is 1. The van der Waals surface area contributed by atoms with Gasteiger partial charge in [0.2, 0.25) is 10.0 Å². The molecule has 0 spiro atoms. The maximum atomic E-state index is 12.1. The molecule has 0 saturated heterocycles. The second-order valence-corrected chi connectivity index (χ2v) is 6.10. The Kier molecular flexibility index (Phi) is 5.64. The van der Waals surface area contributed by atoms with Gasteiger partial charge in [-0.25, -0.2) is 8.42 Å². The van der Waals surface area contributed by atoms with Crippen LogP contribution in [0.15, 0.2) is 17.0 Å². The zero-order valence-electron chi connectivity index (χ0n) is 11.3. The topological polar surface area (TPSA) is 116 Å². The number of esters is 1. The second kappa shape index (κ2) is 6.83. The Labute approximate surface area is 126 Å². The standard InChI is InChI=1S/C11H13ClN2O6S/c1-3-20-11(15)6-13-21(18,19)10-5-9(14(16)17)8(12)4-7(10)2/h4-5,13H,3,6H2,1-2H3. The summed E-state index contributed by atoms with van der Waals surface area (Å²) in [4.78, 5) is 20.8. The van der Waals surface area contributed by atoms with Crippen LogP contribution in [0.4, 0.5) is 5.69 Å². The number of carbonyl (C=O) groups excluding carboxylic acids is 1. The summed E-state index contributed by atoms with van der Waals surface area (Å²) in [6, 6.07) is 2.03. The molecule has 0 saturated carbocycles. The molecular weight excluding hydrogens is 324 g/mol. The van der Waals surface area contributed by atoms with Crippen molar-refractivity contribution in [1.29, 1.82) is 0 Å².